The van der Waals surface area contributed by atoms with Gasteiger partial charge in [0.05, 0.1) is 16.7 Å². The molecule has 0 radical (unpaired) electrons. The summed E-state index contributed by atoms with van der Waals surface area (Å²) in [5, 5.41) is 4.07. The minimum atomic E-state index is -0.0490. The number of methoxy groups -OCH3 is 1. The lowest BCUT2D eigenvalue weighted by molar-refractivity contribution is -0.122. The van der Waals surface area contributed by atoms with Crippen LogP contribution in [-0.2, 0) is 16.1 Å². The van der Waals surface area contributed by atoms with Crippen LogP contribution in [0.2, 0.25) is 10.0 Å². The Morgan fingerprint density at radius 2 is 2.00 bits per heavy atom. The van der Waals surface area contributed by atoms with Crippen molar-refractivity contribution in [2.75, 3.05) is 20.3 Å². The van der Waals surface area contributed by atoms with E-state index in [9.17, 15) is 4.79 Å². The normalized spacial score (nSPS) is 18.4. The first kappa shape index (κ1) is 19.0. The van der Waals surface area contributed by atoms with Gasteiger partial charge in [-0.2, -0.15) is 0 Å². The molecule has 26 heavy (non-hydrogen) atoms. The lowest BCUT2D eigenvalue weighted by atomic mass is 10.1. The van der Waals surface area contributed by atoms with Crippen LogP contribution in [0.5, 0.6) is 5.75 Å². The summed E-state index contributed by atoms with van der Waals surface area (Å²) >= 11 is 12.3. The third-order valence-electron chi connectivity index (χ3n) is 4.43. The fourth-order valence-corrected chi connectivity index (χ4v) is 3.39. The van der Waals surface area contributed by atoms with Gasteiger partial charge in [0.15, 0.2) is 0 Å². The van der Waals surface area contributed by atoms with E-state index in [2.05, 4.69) is 5.32 Å². The summed E-state index contributed by atoms with van der Waals surface area (Å²) in [4.78, 5) is 12.4. The van der Waals surface area contributed by atoms with Gasteiger partial charge in [0.2, 0.25) is 5.91 Å². The van der Waals surface area contributed by atoms with Crippen LogP contribution in [0.3, 0.4) is 0 Å². The van der Waals surface area contributed by atoms with E-state index in [0.29, 0.717) is 29.8 Å². The molecule has 0 aromatic heterocycles. The van der Waals surface area contributed by atoms with E-state index in [-0.39, 0.29) is 17.7 Å². The van der Waals surface area contributed by atoms with Crippen LogP contribution in [0.25, 0.3) is 0 Å². The van der Waals surface area contributed by atoms with Crippen LogP contribution >= 0.6 is 23.2 Å². The van der Waals surface area contributed by atoms with Crippen LogP contribution in [0.1, 0.15) is 23.5 Å². The van der Waals surface area contributed by atoms with Crippen LogP contribution in [-0.4, -0.2) is 26.2 Å². The molecular weight excluding hydrogens is 373 g/mol. The predicted molar refractivity (Wildman–Crippen MR) is 103 cm³/mol. The van der Waals surface area contributed by atoms with E-state index in [1.165, 1.54) is 0 Å². The molecule has 1 aliphatic rings. The first-order valence-corrected chi connectivity index (χ1v) is 9.28. The molecule has 0 aliphatic heterocycles. The minimum absolute atomic E-state index is 0.0387. The number of halogens is 2. The Hall–Kier alpha value is -1.75. The Balaban J connectivity index is 1.52. The van der Waals surface area contributed by atoms with Crippen molar-refractivity contribution in [2.24, 2.45) is 5.92 Å². The highest BCUT2D eigenvalue weighted by Gasteiger charge is 2.44. The van der Waals surface area contributed by atoms with E-state index in [1.54, 1.807) is 13.2 Å². The molecule has 1 N–H and O–H groups in total. The summed E-state index contributed by atoms with van der Waals surface area (Å²) in [6.07, 6.45) is 0.798. The number of nitrogens with one attached hydrogen (secondary N) is 1. The van der Waals surface area contributed by atoms with Gasteiger partial charge < -0.3 is 14.8 Å². The van der Waals surface area contributed by atoms with Gasteiger partial charge in [-0.05, 0) is 41.7 Å². The van der Waals surface area contributed by atoms with Crippen LogP contribution in [0.15, 0.2) is 42.5 Å². The highest BCUT2D eigenvalue weighted by Crippen LogP contribution is 2.50. The fraction of sp³-hybridized carbons (Fsp3) is 0.350. The number of hydrogen-bond donors (Lipinski definition) is 1. The highest BCUT2D eigenvalue weighted by molar-refractivity contribution is 6.42. The van der Waals surface area contributed by atoms with Gasteiger partial charge in [-0.25, -0.2) is 0 Å². The van der Waals surface area contributed by atoms with Gasteiger partial charge in [0.1, 0.15) is 12.4 Å². The van der Waals surface area contributed by atoms with Crippen molar-refractivity contribution >= 4 is 29.1 Å². The average Bonchev–Trinajstić information content (AvgIpc) is 3.43. The molecule has 6 heteroatoms. The number of ether oxygens (including phenoxy) is 2. The molecule has 4 nitrogen and oxygen atoms in total. The second kappa shape index (κ2) is 8.76. The zero-order valence-corrected chi connectivity index (χ0v) is 16.0. The SMILES string of the molecule is COCCOc1cccc(CNC(=O)C2CC2c2cccc(Cl)c2Cl)c1. The minimum Gasteiger partial charge on any atom is -0.491 e. The molecule has 2 aromatic carbocycles. The first-order chi connectivity index (χ1) is 12.6. The molecule has 0 bridgehead atoms. The molecule has 1 aliphatic carbocycles. The summed E-state index contributed by atoms with van der Waals surface area (Å²) in [5.74, 6) is 0.901. The number of carbonyl (C=O) groups is 1. The lowest BCUT2D eigenvalue weighted by Crippen LogP contribution is -2.24. The topological polar surface area (TPSA) is 47.6 Å². The maximum absolute atomic E-state index is 12.4. The van der Waals surface area contributed by atoms with E-state index in [4.69, 9.17) is 32.7 Å². The largest absolute Gasteiger partial charge is 0.491 e. The maximum atomic E-state index is 12.4. The Kier molecular flexibility index (Phi) is 6.41. The smallest absolute Gasteiger partial charge is 0.224 e. The molecule has 1 saturated carbocycles. The van der Waals surface area contributed by atoms with Crippen LogP contribution < -0.4 is 10.1 Å². The summed E-state index contributed by atoms with van der Waals surface area (Å²) in [6.45, 7) is 1.50. The summed E-state index contributed by atoms with van der Waals surface area (Å²) in [6, 6.07) is 13.2. The molecule has 0 heterocycles. The van der Waals surface area contributed by atoms with Gasteiger partial charge >= 0.3 is 0 Å². The standard InChI is InChI=1S/C20H21Cl2NO3/c1-25-8-9-26-14-5-2-4-13(10-14)12-23-20(24)17-11-16(17)15-6-3-7-18(21)19(15)22/h2-7,10,16-17H,8-9,11-12H2,1H3,(H,23,24). The molecule has 2 unspecified atom stereocenters. The number of rotatable bonds is 8. The summed E-state index contributed by atoms with van der Waals surface area (Å²) in [7, 11) is 1.64. The second-order valence-corrected chi connectivity index (χ2v) is 7.08. The molecule has 2 atom stereocenters. The van der Waals surface area contributed by atoms with E-state index in [1.807, 2.05) is 36.4 Å². The van der Waals surface area contributed by atoms with Crippen LogP contribution in [0.4, 0.5) is 0 Å². The Morgan fingerprint density at radius 1 is 1.19 bits per heavy atom. The van der Waals surface area contributed by atoms with E-state index in [0.717, 1.165) is 23.3 Å². The molecule has 2 aromatic rings. The number of benzene rings is 2. The number of carbonyl (C=O) groups excluding carboxylic acids is 1. The molecule has 1 amide bonds. The van der Waals surface area contributed by atoms with Crippen molar-refractivity contribution in [3.05, 3.63) is 63.6 Å². The van der Waals surface area contributed by atoms with Crippen molar-refractivity contribution in [2.45, 2.75) is 18.9 Å². The summed E-state index contributed by atoms with van der Waals surface area (Å²) in [5.41, 5.74) is 1.94. The van der Waals surface area contributed by atoms with Crippen molar-refractivity contribution < 1.29 is 14.3 Å². The molecule has 0 spiro atoms. The zero-order valence-electron chi connectivity index (χ0n) is 14.5. The maximum Gasteiger partial charge on any atom is 0.224 e. The Bertz CT molecular complexity index is 781. The monoisotopic (exact) mass is 393 g/mol. The van der Waals surface area contributed by atoms with Gasteiger partial charge in [-0.1, -0.05) is 47.5 Å². The van der Waals surface area contributed by atoms with Crippen molar-refractivity contribution in [3.63, 3.8) is 0 Å². The second-order valence-electron chi connectivity index (χ2n) is 6.30. The zero-order chi connectivity index (χ0) is 18.5. The Labute approximate surface area is 163 Å². The number of hydrogen-bond acceptors (Lipinski definition) is 3. The third-order valence-corrected chi connectivity index (χ3v) is 5.26. The quantitative estimate of drug-likeness (QED) is 0.674. The molecular formula is C20H21Cl2NO3. The predicted octanol–water partition coefficient (Wildman–Crippen LogP) is 4.44. The first-order valence-electron chi connectivity index (χ1n) is 8.52. The van der Waals surface area contributed by atoms with Gasteiger partial charge in [0, 0.05) is 19.6 Å². The van der Waals surface area contributed by atoms with Crippen molar-refractivity contribution in [1.29, 1.82) is 0 Å². The van der Waals surface area contributed by atoms with Crippen molar-refractivity contribution in [1.82, 2.24) is 5.32 Å². The highest BCUT2D eigenvalue weighted by atomic mass is 35.5. The van der Waals surface area contributed by atoms with Gasteiger partial charge in [-0.15, -0.1) is 0 Å². The van der Waals surface area contributed by atoms with E-state index >= 15 is 0 Å². The van der Waals surface area contributed by atoms with Crippen molar-refractivity contribution in [3.8, 4) is 5.75 Å². The fourth-order valence-electron chi connectivity index (χ4n) is 2.94. The van der Waals surface area contributed by atoms with Gasteiger partial charge in [-0.3, -0.25) is 4.79 Å². The van der Waals surface area contributed by atoms with Crippen LogP contribution in [0, 0.1) is 5.92 Å². The van der Waals surface area contributed by atoms with E-state index < -0.39 is 0 Å². The third kappa shape index (κ3) is 4.70. The summed E-state index contributed by atoms with van der Waals surface area (Å²) < 4.78 is 10.6. The average molecular weight is 394 g/mol. The lowest BCUT2D eigenvalue weighted by Gasteiger charge is -2.09. The molecule has 138 valence electrons. The Morgan fingerprint density at radius 3 is 2.81 bits per heavy atom. The molecule has 0 saturated heterocycles. The molecule has 3 rings (SSSR count). The number of amides is 1. The molecule has 1 fully saturated rings. The van der Waals surface area contributed by atoms with Gasteiger partial charge in [0.25, 0.3) is 0 Å².